The summed E-state index contributed by atoms with van der Waals surface area (Å²) in [5, 5.41) is 31.2. The van der Waals surface area contributed by atoms with Crippen LogP contribution >= 0.6 is 0 Å². The van der Waals surface area contributed by atoms with Crippen LogP contribution in [0.3, 0.4) is 0 Å². The Bertz CT molecular complexity index is 2480. The van der Waals surface area contributed by atoms with Crippen LogP contribution in [0.2, 0.25) is 0 Å². The predicted molar refractivity (Wildman–Crippen MR) is 185 cm³/mol. The van der Waals surface area contributed by atoms with Gasteiger partial charge in [0.2, 0.25) is 0 Å². The number of furan rings is 1. The van der Waals surface area contributed by atoms with Gasteiger partial charge in [-0.3, -0.25) is 0 Å². The standard InChI is InChI=1S/C42H30O3/c43-40-27-16-21-34(41(40)44)36(22-27)30-18-13-26-14-19-32-28(17-12-25-15-20-33(30)39(26)38(25)32)23-8-10-24(11-9-23)29-5-3-6-35-31-4-1-2-7-37(31)45-42(29)35/h1-15,17-20,22,27,34,40-41,43-44H,16,21H2. The Morgan fingerprint density at radius 3 is 1.91 bits per heavy atom. The topological polar surface area (TPSA) is 53.6 Å². The average Bonchev–Trinajstić information content (AvgIpc) is 3.48. The summed E-state index contributed by atoms with van der Waals surface area (Å²) in [5.74, 6) is -0.00472. The zero-order valence-electron chi connectivity index (χ0n) is 24.6. The third-order valence-electron chi connectivity index (χ3n) is 10.7. The molecule has 1 saturated carbocycles. The molecule has 1 fully saturated rings. The van der Waals surface area contributed by atoms with Crippen molar-refractivity contribution >= 4 is 59.8 Å². The second-order valence-corrected chi connectivity index (χ2v) is 13.0. The Labute approximate surface area is 260 Å². The summed E-state index contributed by atoms with van der Waals surface area (Å²) in [6.45, 7) is 0. The first-order valence-electron chi connectivity index (χ1n) is 15.9. The third kappa shape index (κ3) is 3.54. The molecule has 1 aromatic heterocycles. The van der Waals surface area contributed by atoms with Crippen LogP contribution in [-0.4, -0.2) is 22.4 Å². The predicted octanol–water partition coefficient (Wildman–Crippen LogP) is 9.96. The van der Waals surface area contributed by atoms with E-state index in [-0.39, 0.29) is 11.8 Å². The number of aliphatic hydroxyl groups excluding tert-OH is 2. The smallest absolute Gasteiger partial charge is 0.143 e. The Balaban J connectivity index is 1.12. The van der Waals surface area contributed by atoms with Gasteiger partial charge in [-0.15, -0.1) is 0 Å². The number of aliphatic hydroxyl groups is 2. The average molecular weight is 583 g/mol. The first-order chi connectivity index (χ1) is 22.1. The van der Waals surface area contributed by atoms with Crippen molar-refractivity contribution in [2.75, 3.05) is 0 Å². The Kier molecular flexibility index (Phi) is 5.23. The van der Waals surface area contributed by atoms with Gasteiger partial charge in [-0.25, -0.2) is 0 Å². The summed E-state index contributed by atoms with van der Waals surface area (Å²) < 4.78 is 6.33. The third-order valence-corrected chi connectivity index (χ3v) is 10.7. The maximum atomic E-state index is 10.9. The summed E-state index contributed by atoms with van der Waals surface area (Å²) in [6.07, 6.45) is 2.73. The van der Waals surface area contributed by atoms with Crippen molar-refractivity contribution in [3.8, 4) is 22.3 Å². The highest BCUT2D eigenvalue weighted by molar-refractivity contribution is 6.27. The van der Waals surface area contributed by atoms with Gasteiger partial charge in [-0.1, -0.05) is 115 Å². The van der Waals surface area contributed by atoms with Gasteiger partial charge < -0.3 is 14.6 Å². The van der Waals surface area contributed by atoms with Crippen LogP contribution in [0.4, 0.5) is 0 Å². The van der Waals surface area contributed by atoms with Crippen LogP contribution in [0.25, 0.3) is 82.1 Å². The van der Waals surface area contributed by atoms with Crippen molar-refractivity contribution in [3.05, 3.63) is 127 Å². The lowest BCUT2D eigenvalue weighted by Gasteiger charge is -2.43. The molecule has 11 rings (SSSR count). The van der Waals surface area contributed by atoms with E-state index < -0.39 is 12.2 Å². The molecule has 4 unspecified atom stereocenters. The molecule has 7 aromatic carbocycles. The van der Waals surface area contributed by atoms with Gasteiger partial charge in [0.05, 0.1) is 12.2 Å². The van der Waals surface area contributed by atoms with E-state index in [4.69, 9.17) is 4.42 Å². The molecule has 2 N–H and O–H groups in total. The zero-order chi connectivity index (χ0) is 29.8. The minimum absolute atomic E-state index is 0.0203. The number of fused-ring (bicyclic) bond motifs is 5. The van der Waals surface area contributed by atoms with Crippen LogP contribution in [-0.2, 0) is 0 Å². The fourth-order valence-corrected chi connectivity index (χ4v) is 8.48. The lowest BCUT2D eigenvalue weighted by Crippen LogP contribution is -2.46. The van der Waals surface area contributed by atoms with Crippen LogP contribution in [0.5, 0.6) is 0 Å². The molecule has 3 heteroatoms. The Hall–Kier alpha value is -4.96. The molecule has 0 saturated heterocycles. The van der Waals surface area contributed by atoms with Crippen molar-refractivity contribution in [1.29, 1.82) is 0 Å². The minimum Gasteiger partial charge on any atom is -0.455 e. The molecular formula is C42H30O3. The van der Waals surface area contributed by atoms with Gasteiger partial charge in [0, 0.05) is 28.2 Å². The van der Waals surface area contributed by atoms with Gasteiger partial charge in [-0.2, -0.15) is 0 Å². The fourth-order valence-electron chi connectivity index (χ4n) is 8.48. The molecular weight excluding hydrogens is 552 g/mol. The second-order valence-electron chi connectivity index (χ2n) is 13.0. The van der Waals surface area contributed by atoms with Gasteiger partial charge in [0.25, 0.3) is 0 Å². The summed E-state index contributed by atoms with van der Waals surface area (Å²) >= 11 is 0. The molecule has 0 spiro atoms. The highest BCUT2D eigenvalue weighted by Crippen LogP contribution is 2.49. The molecule has 8 aromatic rings. The Morgan fingerprint density at radius 2 is 1.16 bits per heavy atom. The lowest BCUT2D eigenvalue weighted by atomic mass is 9.66. The number of rotatable bonds is 3. The van der Waals surface area contributed by atoms with Crippen LogP contribution in [0, 0.1) is 11.8 Å². The SMILES string of the molecule is OC1C2C=C(c3ccc4ccc5c(-c6ccc(-c7cccc8c7oc7ccccc78)cc6)ccc6ccc3c4c65)C(CC2)C1O. The summed E-state index contributed by atoms with van der Waals surface area (Å²) in [5.41, 5.74) is 8.84. The molecule has 3 aliphatic rings. The maximum absolute atomic E-state index is 10.9. The number of benzene rings is 7. The van der Waals surface area contributed by atoms with Crippen LogP contribution < -0.4 is 0 Å². The fraction of sp³-hybridized carbons (Fsp3) is 0.143. The molecule has 0 amide bonds. The van der Waals surface area contributed by atoms with E-state index in [9.17, 15) is 10.2 Å². The van der Waals surface area contributed by atoms with E-state index in [0.717, 1.165) is 45.9 Å². The number of hydrogen-bond donors (Lipinski definition) is 2. The van der Waals surface area contributed by atoms with E-state index in [1.165, 1.54) is 54.6 Å². The highest BCUT2D eigenvalue weighted by atomic mass is 16.3. The maximum Gasteiger partial charge on any atom is 0.143 e. The molecule has 45 heavy (non-hydrogen) atoms. The molecule has 2 bridgehead atoms. The normalized spacial score (nSPS) is 21.5. The van der Waals surface area contributed by atoms with E-state index >= 15 is 0 Å². The van der Waals surface area contributed by atoms with E-state index in [0.29, 0.717) is 0 Å². The molecule has 4 atom stereocenters. The lowest BCUT2D eigenvalue weighted by molar-refractivity contribution is -0.0571. The highest BCUT2D eigenvalue weighted by Gasteiger charge is 2.43. The quantitative estimate of drug-likeness (QED) is 0.204. The summed E-state index contributed by atoms with van der Waals surface area (Å²) in [4.78, 5) is 0. The molecule has 3 nitrogen and oxygen atoms in total. The first kappa shape index (κ1) is 25.4. The van der Waals surface area contributed by atoms with E-state index in [1.54, 1.807) is 0 Å². The van der Waals surface area contributed by atoms with Gasteiger partial charge in [-0.05, 0) is 79.1 Å². The van der Waals surface area contributed by atoms with Crippen molar-refractivity contribution in [3.63, 3.8) is 0 Å². The van der Waals surface area contributed by atoms with Crippen molar-refractivity contribution in [1.82, 2.24) is 0 Å². The van der Waals surface area contributed by atoms with E-state index in [1.807, 2.05) is 12.1 Å². The van der Waals surface area contributed by atoms with Gasteiger partial charge in [0.1, 0.15) is 11.2 Å². The molecule has 216 valence electrons. The van der Waals surface area contributed by atoms with Crippen LogP contribution in [0.1, 0.15) is 18.4 Å². The van der Waals surface area contributed by atoms with Crippen LogP contribution in [0.15, 0.2) is 126 Å². The first-order valence-corrected chi connectivity index (χ1v) is 15.9. The zero-order valence-corrected chi connectivity index (χ0v) is 24.6. The van der Waals surface area contributed by atoms with Crippen molar-refractivity contribution in [2.45, 2.75) is 25.0 Å². The summed E-state index contributed by atoms with van der Waals surface area (Å²) in [7, 11) is 0. The molecule has 3 aliphatic carbocycles. The largest absolute Gasteiger partial charge is 0.455 e. The molecule has 1 heterocycles. The number of hydrogen-bond acceptors (Lipinski definition) is 3. The van der Waals surface area contributed by atoms with Gasteiger partial charge >= 0.3 is 0 Å². The molecule has 0 aliphatic heterocycles. The monoisotopic (exact) mass is 582 g/mol. The Morgan fingerprint density at radius 1 is 0.511 bits per heavy atom. The minimum atomic E-state index is -0.698. The van der Waals surface area contributed by atoms with Crippen molar-refractivity contribution < 1.29 is 14.6 Å². The molecule has 0 radical (unpaired) electrons. The summed E-state index contributed by atoms with van der Waals surface area (Å²) in [6, 6.07) is 41.4. The van der Waals surface area contributed by atoms with Gasteiger partial charge in [0.15, 0.2) is 0 Å². The van der Waals surface area contributed by atoms with Crippen molar-refractivity contribution in [2.24, 2.45) is 11.8 Å². The van der Waals surface area contributed by atoms with E-state index in [2.05, 4.69) is 109 Å². The number of para-hydroxylation sites is 2. The second kappa shape index (κ2) is 9.28.